The molecule has 1 aliphatic rings. The van der Waals surface area contributed by atoms with E-state index in [0.29, 0.717) is 4.77 Å². The standard InChI is InChI=1S/C12H22N4OS/c1-4-7-16-10(13-14-11(16)18)15-8-5-6-12(2,9-15)17-3/h4-9H2,1-3H3,(H,14,18). The molecule has 102 valence electrons. The van der Waals surface area contributed by atoms with E-state index in [9.17, 15) is 0 Å². The van der Waals surface area contributed by atoms with E-state index in [1.165, 1.54) is 0 Å². The summed E-state index contributed by atoms with van der Waals surface area (Å²) in [5, 5.41) is 7.27. The van der Waals surface area contributed by atoms with Crippen molar-refractivity contribution in [1.29, 1.82) is 0 Å². The molecule has 1 aliphatic heterocycles. The van der Waals surface area contributed by atoms with Crippen molar-refractivity contribution in [3.8, 4) is 0 Å². The molecule has 0 aromatic carbocycles. The van der Waals surface area contributed by atoms with E-state index >= 15 is 0 Å². The number of ether oxygens (including phenoxy) is 1. The number of rotatable bonds is 4. The summed E-state index contributed by atoms with van der Waals surface area (Å²) in [6.45, 7) is 7.10. The normalized spacial score (nSPS) is 24.5. The zero-order valence-corrected chi connectivity index (χ0v) is 12.2. The number of nitrogens with one attached hydrogen (secondary N) is 1. The van der Waals surface area contributed by atoms with Gasteiger partial charge in [-0.3, -0.25) is 4.57 Å². The van der Waals surface area contributed by atoms with E-state index in [1.54, 1.807) is 7.11 Å². The number of methoxy groups -OCH3 is 1. The summed E-state index contributed by atoms with van der Waals surface area (Å²) in [7, 11) is 1.78. The lowest BCUT2D eigenvalue weighted by Crippen LogP contribution is -2.48. The molecule has 5 nitrogen and oxygen atoms in total. The van der Waals surface area contributed by atoms with Gasteiger partial charge in [-0.15, -0.1) is 5.10 Å². The smallest absolute Gasteiger partial charge is 0.225 e. The molecule has 1 saturated heterocycles. The quantitative estimate of drug-likeness (QED) is 0.853. The van der Waals surface area contributed by atoms with Crippen LogP contribution in [0.1, 0.15) is 33.1 Å². The molecule has 1 aromatic heterocycles. The molecule has 1 fully saturated rings. The molecule has 0 spiro atoms. The van der Waals surface area contributed by atoms with Gasteiger partial charge in [-0.1, -0.05) is 6.92 Å². The number of aromatic amines is 1. The maximum Gasteiger partial charge on any atom is 0.225 e. The number of H-pyrrole nitrogens is 1. The summed E-state index contributed by atoms with van der Waals surface area (Å²) >= 11 is 5.28. The van der Waals surface area contributed by atoms with E-state index in [-0.39, 0.29) is 5.60 Å². The summed E-state index contributed by atoms with van der Waals surface area (Å²) in [4.78, 5) is 2.27. The lowest BCUT2D eigenvalue weighted by Gasteiger charge is -2.39. The maximum atomic E-state index is 5.62. The monoisotopic (exact) mass is 270 g/mol. The van der Waals surface area contributed by atoms with Gasteiger partial charge in [0, 0.05) is 26.7 Å². The predicted molar refractivity (Wildman–Crippen MR) is 74.6 cm³/mol. The van der Waals surface area contributed by atoms with Crippen LogP contribution >= 0.6 is 12.2 Å². The van der Waals surface area contributed by atoms with Crippen molar-refractivity contribution in [2.24, 2.45) is 0 Å². The minimum Gasteiger partial charge on any atom is -0.377 e. The molecule has 2 heterocycles. The highest BCUT2D eigenvalue weighted by molar-refractivity contribution is 7.71. The first-order valence-electron chi connectivity index (χ1n) is 6.55. The largest absolute Gasteiger partial charge is 0.377 e. The third kappa shape index (κ3) is 2.59. The Hall–Kier alpha value is -0.880. The second-order valence-corrected chi connectivity index (χ2v) is 5.55. The van der Waals surface area contributed by atoms with Gasteiger partial charge in [0.2, 0.25) is 5.95 Å². The average Bonchev–Trinajstić information content (AvgIpc) is 2.72. The van der Waals surface area contributed by atoms with Crippen molar-refractivity contribution in [2.45, 2.75) is 45.3 Å². The van der Waals surface area contributed by atoms with Gasteiger partial charge >= 0.3 is 0 Å². The predicted octanol–water partition coefficient (Wildman–Crippen LogP) is 2.36. The van der Waals surface area contributed by atoms with Crippen LogP contribution in [0.25, 0.3) is 0 Å². The average molecular weight is 270 g/mol. The first-order valence-corrected chi connectivity index (χ1v) is 6.96. The molecule has 0 aliphatic carbocycles. The van der Waals surface area contributed by atoms with E-state index in [4.69, 9.17) is 17.0 Å². The van der Waals surface area contributed by atoms with Crippen molar-refractivity contribution >= 4 is 18.2 Å². The molecule has 6 heteroatoms. The van der Waals surface area contributed by atoms with Crippen LogP contribution in [0.5, 0.6) is 0 Å². The van der Waals surface area contributed by atoms with Gasteiger partial charge in [-0.25, -0.2) is 5.10 Å². The molecule has 1 atom stereocenters. The number of hydrogen-bond acceptors (Lipinski definition) is 4. The molecular formula is C12H22N4OS. The number of hydrogen-bond donors (Lipinski definition) is 1. The lowest BCUT2D eigenvalue weighted by atomic mass is 9.95. The minimum atomic E-state index is -0.0805. The van der Waals surface area contributed by atoms with E-state index in [0.717, 1.165) is 44.8 Å². The molecule has 18 heavy (non-hydrogen) atoms. The Morgan fingerprint density at radius 2 is 2.33 bits per heavy atom. The van der Waals surface area contributed by atoms with Crippen LogP contribution < -0.4 is 4.90 Å². The van der Waals surface area contributed by atoms with Crippen LogP contribution in [0.4, 0.5) is 5.95 Å². The third-order valence-corrected chi connectivity index (χ3v) is 3.93. The Morgan fingerprint density at radius 1 is 1.56 bits per heavy atom. The molecular weight excluding hydrogens is 248 g/mol. The second kappa shape index (κ2) is 5.40. The van der Waals surface area contributed by atoms with Crippen molar-refractivity contribution < 1.29 is 4.74 Å². The van der Waals surface area contributed by atoms with Gasteiger partial charge in [0.15, 0.2) is 4.77 Å². The molecule has 0 saturated carbocycles. The van der Waals surface area contributed by atoms with Crippen LogP contribution in [0.15, 0.2) is 0 Å². The summed E-state index contributed by atoms with van der Waals surface area (Å²) < 4.78 is 8.41. The van der Waals surface area contributed by atoms with Gasteiger partial charge in [0.05, 0.1) is 5.60 Å². The fraction of sp³-hybridized carbons (Fsp3) is 0.833. The van der Waals surface area contributed by atoms with Crippen molar-refractivity contribution in [3.63, 3.8) is 0 Å². The van der Waals surface area contributed by atoms with Crippen molar-refractivity contribution in [1.82, 2.24) is 14.8 Å². The number of anilines is 1. The molecule has 0 bridgehead atoms. The third-order valence-electron chi connectivity index (χ3n) is 3.62. The summed E-state index contributed by atoms with van der Waals surface area (Å²) in [6.07, 6.45) is 3.27. The lowest BCUT2D eigenvalue weighted by molar-refractivity contribution is -0.00512. The Kier molecular flexibility index (Phi) is 4.07. The fourth-order valence-corrected chi connectivity index (χ4v) is 2.74. The van der Waals surface area contributed by atoms with Gasteiger partial charge in [-0.2, -0.15) is 0 Å². The van der Waals surface area contributed by atoms with Crippen molar-refractivity contribution in [3.05, 3.63) is 4.77 Å². The number of nitrogens with zero attached hydrogens (tertiary/aromatic N) is 3. The number of aromatic nitrogens is 3. The maximum absolute atomic E-state index is 5.62. The fourth-order valence-electron chi connectivity index (χ4n) is 2.52. The minimum absolute atomic E-state index is 0.0805. The molecule has 1 N–H and O–H groups in total. The number of piperidine rings is 1. The van der Waals surface area contributed by atoms with Crippen molar-refractivity contribution in [2.75, 3.05) is 25.1 Å². The van der Waals surface area contributed by atoms with Crippen LogP contribution in [0.3, 0.4) is 0 Å². The van der Waals surface area contributed by atoms with E-state index in [1.807, 2.05) is 0 Å². The Balaban J connectivity index is 2.23. The van der Waals surface area contributed by atoms with Crippen LogP contribution in [-0.4, -0.2) is 40.6 Å². The van der Waals surface area contributed by atoms with Gasteiger partial charge in [0.1, 0.15) is 0 Å². The SMILES string of the molecule is CCCn1c(N2CCCC(C)(OC)C2)n[nH]c1=S. The zero-order chi connectivity index (χ0) is 13.2. The van der Waals surface area contributed by atoms with E-state index in [2.05, 4.69) is 33.5 Å². The Labute approximate surface area is 113 Å². The molecule has 2 rings (SSSR count). The molecule has 1 unspecified atom stereocenters. The topological polar surface area (TPSA) is 46.1 Å². The summed E-state index contributed by atoms with van der Waals surface area (Å²) in [5.74, 6) is 0.949. The Morgan fingerprint density at radius 3 is 3.00 bits per heavy atom. The van der Waals surface area contributed by atoms with Gasteiger partial charge in [-0.05, 0) is 38.4 Å². The zero-order valence-electron chi connectivity index (χ0n) is 11.4. The van der Waals surface area contributed by atoms with Crippen LogP contribution in [-0.2, 0) is 11.3 Å². The van der Waals surface area contributed by atoms with Crippen LogP contribution in [0, 0.1) is 4.77 Å². The second-order valence-electron chi connectivity index (χ2n) is 5.16. The highest BCUT2D eigenvalue weighted by Crippen LogP contribution is 2.27. The molecule has 1 aromatic rings. The van der Waals surface area contributed by atoms with Crippen LogP contribution in [0.2, 0.25) is 0 Å². The molecule has 0 amide bonds. The molecule has 0 radical (unpaired) electrons. The first-order chi connectivity index (χ1) is 8.59. The van der Waals surface area contributed by atoms with Gasteiger partial charge in [0.25, 0.3) is 0 Å². The summed E-state index contributed by atoms with van der Waals surface area (Å²) in [5.41, 5.74) is -0.0805. The van der Waals surface area contributed by atoms with Gasteiger partial charge < -0.3 is 9.64 Å². The Bertz CT molecular complexity index is 455. The highest BCUT2D eigenvalue weighted by atomic mass is 32.1. The highest BCUT2D eigenvalue weighted by Gasteiger charge is 2.32. The first kappa shape index (κ1) is 13.5. The van der Waals surface area contributed by atoms with E-state index < -0.39 is 0 Å². The summed E-state index contributed by atoms with van der Waals surface area (Å²) in [6, 6.07) is 0.